The van der Waals surface area contributed by atoms with Crippen molar-refractivity contribution >= 4 is 22.5 Å². The standard InChI is InChI=1S/C7H7N3.C4H5N3/c8-6-2-1-5-4-9-10-7(5)3-6;5-4-6-2-1-3-7-4/h1-4H,8H2,(H,9,10);1-3H,(H2,5,6,7). The number of nitrogens with two attached hydrogens (primary N) is 2. The molecule has 0 saturated heterocycles. The summed E-state index contributed by atoms with van der Waals surface area (Å²) < 4.78 is 0. The van der Waals surface area contributed by atoms with Gasteiger partial charge in [0.25, 0.3) is 0 Å². The molecule has 0 fully saturated rings. The zero-order valence-corrected chi connectivity index (χ0v) is 9.04. The number of H-pyrrole nitrogens is 1. The summed E-state index contributed by atoms with van der Waals surface area (Å²) in [6, 6.07) is 7.38. The van der Waals surface area contributed by atoms with Crippen molar-refractivity contribution in [3.05, 3.63) is 42.9 Å². The van der Waals surface area contributed by atoms with Crippen molar-refractivity contribution < 1.29 is 0 Å². The van der Waals surface area contributed by atoms with Crippen molar-refractivity contribution in [1.82, 2.24) is 20.2 Å². The first-order valence-corrected chi connectivity index (χ1v) is 4.97. The average Bonchev–Trinajstić information content (AvgIpc) is 2.78. The second-order valence-corrected chi connectivity index (χ2v) is 3.32. The molecule has 0 spiro atoms. The highest BCUT2D eigenvalue weighted by molar-refractivity contribution is 5.80. The minimum absolute atomic E-state index is 0.322. The molecule has 17 heavy (non-hydrogen) atoms. The molecule has 2 heterocycles. The first kappa shape index (κ1) is 10.9. The summed E-state index contributed by atoms with van der Waals surface area (Å²) in [7, 11) is 0. The van der Waals surface area contributed by atoms with Crippen molar-refractivity contribution in [1.29, 1.82) is 0 Å². The largest absolute Gasteiger partial charge is 0.399 e. The Balaban J connectivity index is 0.000000136. The van der Waals surface area contributed by atoms with Crippen LogP contribution < -0.4 is 11.5 Å². The number of benzene rings is 1. The molecule has 0 radical (unpaired) electrons. The number of fused-ring (bicyclic) bond motifs is 1. The molecule has 6 heteroatoms. The maximum Gasteiger partial charge on any atom is 0.219 e. The Kier molecular flexibility index (Phi) is 3.15. The quantitative estimate of drug-likeness (QED) is 0.501. The highest BCUT2D eigenvalue weighted by atomic mass is 15.1. The molecule has 0 bridgehead atoms. The zero-order valence-electron chi connectivity index (χ0n) is 9.04. The first-order valence-electron chi connectivity index (χ1n) is 4.97. The van der Waals surface area contributed by atoms with Gasteiger partial charge in [0.05, 0.1) is 11.7 Å². The van der Waals surface area contributed by atoms with Gasteiger partial charge >= 0.3 is 0 Å². The van der Waals surface area contributed by atoms with E-state index >= 15 is 0 Å². The second-order valence-electron chi connectivity index (χ2n) is 3.32. The lowest BCUT2D eigenvalue weighted by atomic mass is 10.2. The normalized spacial score (nSPS) is 9.65. The van der Waals surface area contributed by atoms with Crippen molar-refractivity contribution in [2.45, 2.75) is 0 Å². The van der Waals surface area contributed by atoms with E-state index in [1.54, 1.807) is 24.7 Å². The molecule has 3 rings (SSSR count). The summed E-state index contributed by atoms with van der Waals surface area (Å²) in [6.07, 6.45) is 4.97. The summed E-state index contributed by atoms with van der Waals surface area (Å²) in [5.74, 6) is 0.322. The fourth-order valence-electron chi connectivity index (χ4n) is 1.27. The molecule has 0 amide bonds. The number of aromatic amines is 1. The molecule has 3 aromatic rings. The molecule has 6 nitrogen and oxygen atoms in total. The number of hydrogen-bond donors (Lipinski definition) is 3. The average molecular weight is 228 g/mol. The molecule has 0 saturated carbocycles. The van der Waals surface area contributed by atoms with Crippen LogP contribution in [-0.2, 0) is 0 Å². The predicted octanol–water partition coefficient (Wildman–Crippen LogP) is 1.20. The van der Waals surface area contributed by atoms with Crippen molar-refractivity contribution in [3.63, 3.8) is 0 Å². The number of rotatable bonds is 0. The lowest BCUT2D eigenvalue weighted by Crippen LogP contribution is -1.90. The molecular formula is C11H12N6. The summed E-state index contributed by atoms with van der Waals surface area (Å²) in [6.45, 7) is 0. The van der Waals surface area contributed by atoms with E-state index in [-0.39, 0.29) is 0 Å². The summed E-state index contributed by atoms with van der Waals surface area (Å²) in [5.41, 5.74) is 12.4. The molecule has 86 valence electrons. The zero-order chi connectivity index (χ0) is 12.1. The molecule has 0 unspecified atom stereocenters. The topological polar surface area (TPSA) is 106 Å². The van der Waals surface area contributed by atoms with Gasteiger partial charge in [-0.2, -0.15) is 5.10 Å². The lowest BCUT2D eigenvalue weighted by Gasteiger charge is -1.89. The highest BCUT2D eigenvalue weighted by Crippen LogP contribution is 2.12. The van der Waals surface area contributed by atoms with Gasteiger partial charge in [-0.15, -0.1) is 0 Å². The van der Waals surface area contributed by atoms with E-state index in [9.17, 15) is 0 Å². The fraction of sp³-hybridized carbons (Fsp3) is 0. The maximum absolute atomic E-state index is 5.54. The van der Waals surface area contributed by atoms with Crippen LogP contribution in [0.15, 0.2) is 42.9 Å². The van der Waals surface area contributed by atoms with Crippen LogP contribution in [0.3, 0.4) is 0 Å². The summed E-state index contributed by atoms with van der Waals surface area (Å²) >= 11 is 0. The van der Waals surface area contributed by atoms with Gasteiger partial charge in [0, 0.05) is 23.5 Å². The monoisotopic (exact) mass is 228 g/mol. The van der Waals surface area contributed by atoms with Crippen LogP contribution in [0.5, 0.6) is 0 Å². The van der Waals surface area contributed by atoms with E-state index in [2.05, 4.69) is 20.2 Å². The van der Waals surface area contributed by atoms with Gasteiger partial charge < -0.3 is 11.5 Å². The van der Waals surface area contributed by atoms with Crippen LogP contribution in [-0.4, -0.2) is 20.2 Å². The van der Waals surface area contributed by atoms with E-state index < -0.39 is 0 Å². The second kappa shape index (κ2) is 4.93. The Morgan fingerprint density at radius 3 is 2.47 bits per heavy atom. The Labute approximate surface area is 97.7 Å². The Morgan fingerprint density at radius 2 is 1.82 bits per heavy atom. The minimum Gasteiger partial charge on any atom is -0.399 e. The van der Waals surface area contributed by atoms with E-state index in [4.69, 9.17) is 11.5 Å². The Hall–Kier alpha value is -2.63. The number of nitrogens with zero attached hydrogens (tertiary/aromatic N) is 3. The van der Waals surface area contributed by atoms with Crippen LogP contribution in [0.1, 0.15) is 0 Å². The van der Waals surface area contributed by atoms with Crippen molar-refractivity contribution in [2.75, 3.05) is 11.5 Å². The van der Waals surface area contributed by atoms with Crippen LogP contribution in [0.25, 0.3) is 10.9 Å². The van der Waals surface area contributed by atoms with Gasteiger partial charge in [-0.25, -0.2) is 9.97 Å². The number of nitrogens with one attached hydrogen (secondary N) is 1. The maximum atomic E-state index is 5.54. The van der Waals surface area contributed by atoms with Crippen molar-refractivity contribution in [3.8, 4) is 0 Å². The molecule has 1 aromatic carbocycles. The van der Waals surface area contributed by atoms with Crippen LogP contribution in [0.4, 0.5) is 11.6 Å². The number of aromatic nitrogens is 4. The first-order chi connectivity index (χ1) is 8.25. The van der Waals surface area contributed by atoms with E-state index in [0.29, 0.717) is 5.95 Å². The Morgan fingerprint density at radius 1 is 1.06 bits per heavy atom. The van der Waals surface area contributed by atoms with Gasteiger partial charge in [0.2, 0.25) is 5.95 Å². The highest BCUT2D eigenvalue weighted by Gasteiger charge is 1.92. The molecule has 5 N–H and O–H groups in total. The van der Waals surface area contributed by atoms with Crippen LogP contribution in [0.2, 0.25) is 0 Å². The lowest BCUT2D eigenvalue weighted by molar-refractivity contribution is 1.12. The molecule has 0 aliphatic carbocycles. The van der Waals surface area contributed by atoms with Gasteiger partial charge in [0.15, 0.2) is 0 Å². The number of nitrogen functional groups attached to an aromatic ring is 2. The van der Waals surface area contributed by atoms with Gasteiger partial charge in [-0.1, -0.05) is 0 Å². The molecule has 2 aromatic heterocycles. The van der Waals surface area contributed by atoms with E-state index in [0.717, 1.165) is 16.6 Å². The smallest absolute Gasteiger partial charge is 0.219 e. The third-order valence-corrected chi connectivity index (χ3v) is 2.05. The number of hydrogen-bond acceptors (Lipinski definition) is 5. The summed E-state index contributed by atoms with van der Waals surface area (Å²) in [5, 5.41) is 7.78. The Bertz CT molecular complexity index is 589. The third kappa shape index (κ3) is 2.91. The van der Waals surface area contributed by atoms with Crippen molar-refractivity contribution in [2.24, 2.45) is 0 Å². The molecular weight excluding hydrogens is 216 g/mol. The number of anilines is 2. The van der Waals surface area contributed by atoms with Gasteiger partial charge in [0.1, 0.15) is 0 Å². The molecule has 0 aliphatic rings. The van der Waals surface area contributed by atoms with E-state index in [1.165, 1.54) is 0 Å². The van der Waals surface area contributed by atoms with Crippen LogP contribution >= 0.6 is 0 Å². The van der Waals surface area contributed by atoms with Gasteiger partial charge in [-0.05, 0) is 24.3 Å². The predicted molar refractivity (Wildman–Crippen MR) is 67.0 cm³/mol. The fourth-order valence-corrected chi connectivity index (χ4v) is 1.27. The summed E-state index contributed by atoms with van der Waals surface area (Å²) in [4.78, 5) is 7.29. The van der Waals surface area contributed by atoms with Gasteiger partial charge in [-0.3, -0.25) is 5.10 Å². The SMILES string of the molecule is Nc1ccc2cn[nH]c2c1.Nc1ncccn1. The third-order valence-electron chi connectivity index (χ3n) is 2.05. The van der Waals surface area contributed by atoms with E-state index in [1.807, 2.05) is 18.2 Å². The minimum atomic E-state index is 0.322. The van der Waals surface area contributed by atoms with Crippen LogP contribution in [0, 0.1) is 0 Å². The molecule has 0 atom stereocenters. The molecule has 0 aliphatic heterocycles.